The van der Waals surface area contributed by atoms with Crippen molar-refractivity contribution >= 4 is 129 Å². The number of benzene rings is 3. The Morgan fingerprint density at radius 3 is 2.19 bits per heavy atom. The Labute approximate surface area is 204 Å². The molecule has 0 N–H and O–H groups in total. The SMILES string of the molecule is O=C1c2c(Br)c(Br)c(Br)c(Br)c2C2=Nc3c(Br)cc(Br)c4cccc(c34)N12. The van der Waals surface area contributed by atoms with Gasteiger partial charge in [-0.15, -0.1) is 0 Å². The van der Waals surface area contributed by atoms with Gasteiger partial charge in [0.15, 0.2) is 0 Å². The predicted molar refractivity (Wildman–Crippen MR) is 130 cm³/mol. The van der Waals surface area contributed by atoms with Crippen molar-refractivity contribution in [2.45, 2.75) is 0 Å². The van der Waals surface area contributed by atoms with E-state index in [-0.39, 0.29) is 5.91 Å². The number of hydrogen-bond acceptors (Lipinski definition) is 2. The fourth-order valence-corrected chi connectivity index (χ4v) is 7.31. The van der Waals surface area contributed by atoms with Crippen molar-refractivity contribution in [2.24, 2.45) is 4.99 Å². The number of carbonyl (C=O) groups excluding carboxylic acids is 1. The molecular weight excluding hydrogens is 740 g/mol. The standard InChI is InChI=1S/C18H4Br6N2O/c19-6-4-7(20)16-9-5(6)2-1-3-8(9)26-17(25-16)10-11(18(26)27)13(22)15(24)14(23)12(10)21/h1-4H. The predicted octanol–water partition coefficient (Wildman–Crippen LogP) is 8.47. The number of carbonyl (C=O) groups is 1. The van der Waals surface area contributed by atoms with Crippen LogP contribution in [0.15, 0.2) is 56.1 Å². The van der Waals surface area contributed by atoms with Crippen molar-refractivity contribution in [3.8, 4) is 0 Å². The second kappa shape index (κ2) is 6.47. The molecule has 0 bridgehead atoms. The van der Waals surface area contributed by atoms with Crippen LogP contribution in [0.1, 0.15) is 15.9 Å². The highest BCUT2D eigenvalue weighted by Gasteiger charge is 2.43. The lowest BCUT2D eigenvalue weighted by molar-refractivity contribution is 0.101. The molecule has 2 aliphatic rings. The Morgan fingerprint density at radius 2 is 1.48 bits per heavy atom. The Hall–Kier alpha value is -0.0600. The molecule has 0 aliphatic carbocycles. The van der Waals surface area contributed by atoms with E-state index in [0.29, 0.717) is 15.9 Å². The van der Waals surface area contributed by atoms with E-state index in [2.05, 4.69) is 95.6 Å². The molecule has 9 heteroatoms. The third-order valence-corrected chi connectivity index (χ3v) is 10.6. The number of rotatable bonds is 0. The molecule has 134 valence electrons. The summed E-state index contributed by atoms with van der Waals surface area (Å²) in [5, 5.41) is 1.95. The molecule has 0 fully saturated rings. The minimum absolute atomic E-state index is 0.112. The van der Waals surface area contributed by atoms with Crippen molar-refractivity contribution in [3.63, 3.8) is 0 Å². The summed E-state index contributed by atoms with van der Waals surface area (Å²) >= 11 is 21.6. The lowest BCUT2D eigenvalue weighted by Gasteiger charge is -2.25. The second-order valence-corrected chi connectivity index (χ2v) is 10.9. The molecule has 0 aromatic heterocycles. The largest absolute Gasteiger partial charge is 0.268 e. The molecule has 3 aromatic rings. The molecule has 0 saturated heterocycles. The number of amidine groups is 1. The summed E-state index contributed by atoms with van der Waals surface area (Å²) in [6.07, 6.45) is 0. The Morgan fingerprint density at radius 1 is 0.815 bits per heavy atom. The zero-order valence-corrected chi connectivity index (χ0v) is 22.4. The lowest BCUT2D eigenvalue weighted by atomic mass is 10.0. The van der Waals surface area contributed by atoms with Crippen LogP contribution in [0.4, 0.5) is 11.4 Å². The van der Waals surface area contributed by atoms with Crippen LogP contribution in [-0.4, -0.2) is 11.7 Å². The fraction of sp³-hybridized carbons (Fsp3) is 0. The zero-order valence-electron chi connectivity index (χ0n) is 12.9. The minimum Gasteiger partial charge on any atom is -0.268 e. The summed E-state index contributed by atoms with van der Waals surface area (Å²) in [4.78, 5) is 20.0. The molecule has 0 saturated carbocycles. The van der Waals surface area contributed by atoms with Crippen molar-refractivity contribution < 1.29 is 4.79 Å². The van der Waals surface area contributed by atoms with Gasteiger partial charge in [-0.2, -0.15) is 0 Å². The van der Waals surface area contributed by atoms with E-state index in [1.54, 1.807) is 4.90 Å². The molecule has 5 rings (SSSR count). The van der Waals surface area contributed by atoms with E-state index in [9.17, 15) is 4.79 Å². The molecule has 0 unspecified atom stereocenters. The molecule has 0 radical (unpaired) electrons. The normalized spacial score (nSPS) is 14.5. The second-order valence-electron chi connectivity index (χ2n) is 5.97. The van der Waals surface area contributed by atoms with Gasteiger partial charge in [0.25, 0.3) is 5.91 Å². The van der Waals surface area contributed by atoms with Gasteiger partial charge in [0.1, 0.15) is 5.84 Å². The van der Waals surface area contributed by atoms with Gasteiger partial charge in [0, 0.05) is 43.2 Å². The van der Waals surface area contributed by atoms with Crippen LogP contribution >= 0.6 is 95.6 Å². The van der Waals surface area contributed by atoms with E-state index in [1.165, 1.54) is 0 Å². The summed E-state index contributed by atoms with van der Waals surface area (Å²) in [5.74, 6) is 0.498. The van der Waals surface area contributed by atoms with Gasteiger partial charge < -0.3 is 0 Å². The minimum atomic E-state index is -0.112. The molecule has 27 heavy (non-hydrogen) atoms. The number of hydrogen-bond donors (Lipinski definition) is 0. The third-order valence-electron chi connectivity index (χ3n) is 4.59. The van der Waals surface area contributed by atoms with Crippen LogP contribution < -0.4 is 4.90 Å². The van der Waals surface area contributed by atoms with Gasteiger partial charge in [-0.3, -0.25) is 9.69 Å². The highest BCUT2D eigenvalue weighted by Crippen LogP contribution is 2.52. The summed E-state index contributed by atoms with van der Waals surface area (Å²) in [6.45, 7) is 0. The quantitative estimate of drug-likeness (QED) is 0.168. The molecule has 3 aromatic carbocycles. The number of nitrogens with zero attached hydrogens (tertiary/aromatic N) is 2. The van der Waals surface area contributed by atoms with E-state index < -0.39 is 0 Å². The number of aliphatic imine (C=N–C) groups is 1. The highest BCUT2D eigenvalue weighted by atomic mass is 79.9. The molecule has 0 spiro atoms. The summed E-state index contributed by atoms with van der Waals surface area (Å²) in [6, 6.07) is 7.91. The zero-order chi connectivity index (χ0) is 19.2. The van der Waals surface area contributed by atoms with Gasteiger partial charge in [0.2, 0.25) is 0 Å². The van der Waals surface area contributed by atoms with E-state index in [1.807, 2.05) is 24.3 Å². The van der Waals surface area contributed by atoms with E-state index in [4.69, 9.17) is 4.99 Å². The first kappa shape index (κ1) is 18.9. The molecular formula is C18H4Br6N2O. The first-order chi connectivity index (χ1) is 12.8. The lowest BCUT2D eigenvalue weighted by Crippen LogP contribution is -2.31. The van der Waals surface area contributed by atoms with Crippen molar-refractivity contribution in [1.29, 1.82) is 0 Å². The first-order valence-corrected chi connectivity index (χ1v) is 12.3. The molecule has 1 amide bonds. The average Bonchev–Trinajstić information content (AvgIpc) is 2.95. The monoisotopic (exact) mass is 738 g/mol. The maximum absolute atomic E-state index is 13.4. The number of fused-ring (bicyclic) bond motifs is 4. The summed E-state index contributed by atoms with van der Waals surface area (Å²) < 4.78 is 4.91. The van der Waals surface area contributed by atoms with Crippen LogP contribution in [0.5, 0.6) is 0 Å². The van der Waals surface area contributed by atoms with Crippen LogP contribution in [0.3, 0.4) is 0 Å². The van der Waals surface area contributed by atoms with Gasteiger partial charge >= 0.3 is 0 Å². The first-order valence-electron chi connectivity index (χ1n) is 7.53. The van der Waals surface area contributed by atoms with Crippen molar-refractivity contribution in [3.05, 3.63) is 62.2 Å². The number of amides is 1. The maximum Gasteiger partial charge on any atom is 0.266 e. The van der Waals surface area contributed by atoms with Crippen molar-refractivity contribution in [1.82, 2.24) is 0 Å². The van der Waals surface area contributed by atoms with E-state index in [0.717, 1.165) is 50.1 Å². The van der Waals surface area contributed by atoms with Gasteiger partial charge in [0.05, 0.1) is 16.9 Å². The third kappa shape index (κ3) is 2.45. The fourth-order valence-electron chi connectivity index (χ4n) is 3.46. The van der Waals surface area contributed by atoms with Crippen molar-refractivity contribution in [2.75, 3.05) is 4.90 Å². The van der Waals surface area contributed by atoms with Crippen LogP contribution in [0.2, 0.25) is 0 Å². The van der Waals surface area contributed by atoms with Gasteiger partial charge in [-0.25, -0.2) is 4.99 Å². The maximum atomic E-state index is 13.4. The van der Waals surface area contributed by atoms with Gasteiger partial charge in [-0.1, -0.05) is 28.1 Å². The van der Waals surface area contributed by atoms with Crippen LogP contribution in [0.25, 0.3) is 10.8 Å². The smallest absolute Gasteiger partial charge is 0.266 e. The van der Waals surface area contributed by atoms with Crippen LogP contribution in [0, 0.1) is 0 Å². The topological polar surface area (TPSA) is 32.7 Å². The molecule has 0 atom stereocenters. The Kier molecular flexibility index (Phi) is 4.54. The Bertz CT molecular complexity index is 1270. The van der Waals surface area contributed by atoms with Crippen LogP contribution in [-0.2, 0) is 0 Å². The number of anilines is 1. The van der Waals surface area contributed by atoms with E-state index >= 15 is 0 Å². The Balaban J connectivity index is 1.96. The molecule has 2 heterocycles. The highest BCUT2D eigenvalue weighted by molar-refractivity contribution is 9.15. The molecule has 2 aliphatic heterocycles. The average molecular weight is 744 g/mol. The van der Waals surface area contributed by atoms with Gasteiger partial charge in [-0.05, 0) is 91.8 Å². The summed E-state index contributed by atoms with van der Waals surface area (Å²) in [7, 11) is 0. The summed E-state index contributed by atoms with van der Waals surface area (Å²) in [5.41, 5.74) is 2.98. The number of halogens is 6. The molecule has 3 nitrogen and oxygen atoms in total.